The van der Waals surface area contributed by atoms with E-state index >= 15 is 0 Å². The minimum atomic E-state index is -1.27. The van der Waals surface area contributed by atoms with E-state index in [1.165, 1.54) is 12.1 Å². The van der Waals surface area contributed by atoms with Crippen LogP contribution in [0.3, 0.4) is 0 Å². The van der Waals surface area contributed by atoms with Crippen molar-refractivity contribution in [2.24, 2.45) is 5.92 Å². The fourth-order valence-electron chi connectivity index (χ4n) is 2.84. The summed E-state index contributed by atoms with van der Waals surface area (Å²) in [6, 6.07) is 3.66. The van der Waals surface area contributed by atoms with Gasteiger partial charge in [0.05, 0.1) is 0 Å². The summed E-state index contributed by atoms with van der Waals surface area (Å²) in [4.78, 5) is 23.9. The molecule has 6 heteroatoms. The van der Waals surface area contributed by atoms with Crippen LogP contribution in [0.5, 0.6) is 11.5 Å². The molecular weight excluding hydrogens is 274 g/mol. The first-order valence-electron chi connectivity index (χ1n) is 6.94. The minimum Gasteiger partial charge on any atom is -0.504 e. The lowest BCUT2D eigenvalue weighted by Crippen LogP contribution is -2.60. The highest BCUT2D eigenvalue weighted by molar-refractivity contribution is 5.98. The van der Waals surface area contributed by atoms with Gasteiger partial charge in [-0.2, -0.15) is 0 Å². The third kappa shape index (κ3) is 2.79. The molecule has 21 heavy (non-hydrogen) atoms. The van der Waals surface area contributed by atoms with Crippen LogP contribution in [0.4, 0.5) is 0 Å². The Labute approximate surface area is 122 Å². The van der Waals surface area contributed by atoms with Crippen LogP contribution in [0.2, 0.25) is 0 Å². The molecule has 1 aliphatic carbocycles. The summed E-state index contributed by atoms with van der Waals surface area (Å²) in [5, 5.41) is 30.8. The third-order valence-electron chi connectivity index (χ3n) is 4.26. The van der Waals surface area contributed by atoms with Crippen molar-refractivity contribution in [2.45, 2.75) is 38.1 Å². The quantitative estimate of drug-likeness (QED) is 0.636. The molecule has 1 saturated carbocycles. The number of amides is 1. The lowest BCUT2D eigenvalue weighted by atomic mass is 9.73. The number of carboxylic acid groups (broad SMARTS) is 1. The van der Waals surface area contributed by atoms with Gasteiger partial charge >= 0.3 is 5.97 Å². The van der Waals surface area contributed by atoms with Crippen LogP contribution in [0.15, 0.2) is 18.2 Å². The van der Waals surface area contributed by atoms with Gasteiger partial charge in [-0.3, -0.25) is 4.79 Å². The number of benzene rings is 1. The van der Waals surface area contributed by atoms with Crippen molar-refractivity contribution in [2.75, 3.05) is 0 Å². The van der Waals surface area contributed by atoms with Crippen molar-refractivity contribution in [1.82, 2.24) is 5.32 Å². The number of phenolic OH excluding ortho intramolecular Hbond substituents is 2. The molecule has 2 unspecified atom stereocenters. The zero-order chi connectivity index (χ0) is 15.6. The van der Waals surface area contributed by atoms with E-state index in [1.54, 1.807) is 0 Å². The highest BCUT2D eigenvalue weighted by atomic mass is 16.4. The Morgan fingerprint density at radius 3 is 2.52 bits per heavy atom. The maximum absolute atomic E-state index is 12.3. The number of hydrogen-bond acceptors (Lipinski definition) is 4. The predicted octanol–water partition coefficient (Wildman–Crippen LogP) is 1.86. The number of phenols is 2. The minimum absolute atomic E-state index is 0.115. The third-order valence-corrected chi connectivity index (χ3v) is 4.26. The zero-order valence-electron chi connectivity index (χ0n) is 11.8. The molecule has 2 atom stereocenters. The fourth-order valence-corrected chi connectivity index (χ4v) is 2.84. The SMILES string of the molecule is CC1CCCCC1(NC(=O)c1ccc(O)c(O)c1)C(=O)O. The number of rotatable bonds is 3. The van der Waals surface area contributed by atoms with E-state index in [2.05, 4.69) is 5.32 Å². The summed E-state index contributed by atoms with van der Waals surface area (Å²) in [6.07, 6.45) is 2.83. The summed E-state index contributed by atoms with van der Waals surface area (Å²) in [7, 11) is 0. The molecule has 1 amide bonds. The average Bonchev–Trinajstić information content (AvgIpc) is 2.44. The largest absolute Gasteiger partial charge is 0.504 e. The predicted molar refractivity (Wildman–Crippen MR) is 75.2 cm³/mol. The van der Waals surface area contributed by atoms with Gasteiger partial charge in [0.15, 0.2) is 11.5 Å². The molecule has 1 aromatic carbocycles. The molecule has 1 aliphatic rings. The monoisotopic (exact) mass is 293 g/mol. The molecule has 0 aromatic heterocycles. The summed E-state index contributed by atoms with van der Waals surface area (Å²) >= 11 is 0. The van der Waals surface area contributed by atoms with E-state index in [1.807, 2.05) is 6.92 Å². The van der Waals surface area contributed by atoms with Crippen LogP contribution in [0.25, 0.3) is 0 Å². The number of hydrogen-bond donors (Lipinski definition) is 4. The normalized spacial score (nSPS) is 25.3. The molecular formula is C15H19NO5. The van der Waals surface area contributed by atoms with Crippen LogP contribution in [-0.4, -0.2) is 32.7 Å². The van der Waals surface area contributed by atoms with Gasteiger partial charge in [-0.1, -0.05) is 19.8 Å². The van der Waals surface area contributed by atoms with Crippen molar-refractivity contribution in [1.29, 1.82) is 0 Å². The van der Waals surface area contributed by atoms with Gasteiger partial charge in [-0.25, -0.2) is 4.79 Å². The van der Waals surface area contributed by atoms with Crippen molar-refractivity contribution >= 4 is 11.9 Å². The molecule has 0 aliphatic heterocycles. The summed E-state index contributed by atoms with van der Waals surface area (Å²) in [6.45, 7) is 1.82. The van der Waals surface area contributed by atoms with Crippen LogP contribution < -0.4 is 5.32 Å². The van der Waals surface area contributed by atoms with E-state index in [0.717, 1.165) is 25.3 Å². The lowest BCUT2D eigenvalue weighted by molar-refractivity contribution is -0.148. The van der Waals surface area contributed by atoms with Crippen LogP contribution in [0, 0.1) is 5.92 Å². The fraction of sp³-hybridized carbons (Fsp3) is 0.467. The number of aromatic hydroxyl groups is 2. The van der Waals surface area contributed by atoms with Gasteiger partial charge in [-0.15, -0.1) is 0 Å². The molecule has 0 bridgehead atoms. The number of carbonyl (C=O) groups is 2. The van der Waals surface area contributed by atoms with Crippen LogP contribution in [-0.2, 0) is 4.79 Å². The second kappa shape index (κ2) is 5.63. The van der Waals surface area contributed by atoms with Crippen molar-refractivity contribution in [3.05, 3.63) is 23.8 Å². The number of nitrogens with one attached hydrogen (secondary N) is 1. The molecule has 6 nitrogen and oxygen atoms in total. The van der Waals surface area contributed by atoms with Crippen molar-refractivity contribution < 1.29 is 24.9 Å². The van der Waals surface area contributed by atoms with E-state index in [4.69, 9.17) is 0 Å². The topological polar surface area (TPSA) is 107 Å². The van der Waals surface area contributed by atoms with Gasteiger partial charge in [0.1, 0.15) is 5.54 Å². The molecule has 0 heterocycles. The van der Waals surface area contributed by atoms with Gasteiger partial charge < -0.3 is 20.6 Å². The highest BCUT2D eigenvalue weighted by Gasteiger charge is 2.46. The molecule has 0 radical (unpaired) electrons. The number of carboxylic acids is 1. The second-order valence-electron chi connectivity index (χ2n) is 5.58. The smallest absolute Gasteiger partial charge is 0.329 e. The first kappa shape index (κ1) is 15.2. The Bertz CT molecular complexity index is 571. The van der Waals surface area contributed by atoms with Gasteiger partial charge in [0.25, 0.3) is 5.91 Å². The maximum atomic E-state index is 12.3. The summed E-state index contributed by atoms with van der Waals surface area (Å²) in [5.74, 6) is -2.51. The Hall–Kier alpha value is -2.24. The van der Waals surface area contributed by atoms with Gasteiger partial charge in [0, 0.05) is 5.56 Å². The first-order valence-corrected chi connectivity index (χ1v) is 6.94. The van der Waals surface area contributed by atoms with Crippen molar-refractivity contribution in [3.63, 3.8) is 0 Å². The van der Waals surface area contributed by atoms with Crippen LogP contribution >= 0.6 is 0 Å². The Morgan fingerprint density at radius 2 is 1.95 bits per heavy atom. The molecule has 2 rings (SSSR count). The number of aliphatic carboxylic acids is 1. The number of carbonyl (C=O) groups excluding carboxylic acids is 1. The summed E-state index contributed by atoms with van der Waals surface area (Å²) < 4.78 is 0. The standard InChI is InChI=1S/C15H19NO5/c1-9-4-2-3-7-15(9,14(20)21)16-13(19)10-5-6-11(17)12(18)8-10/h5-6,8-9,17-18H,2-4,7H2,1H3,(H,16,19)(H,20,21). The maximum Gasteiger partial charge on any atom is 0.329 e. The molecule has 0 spiro atoms. The molecule has 0 saturated heterocycles. The lowest BCUT2D eigenvalue weighted by Gasteiger charge is -2.39. The Kier molecular flexibility index (Phi) is 4.06. The second-order valence-corrected chi connectivity index (χ2v) is 5.58. The van der Waals surface area contributed by atoms with Crippen molar-refractivity contribution in [3.8, 4) is 11.5 Å². The summed E-state index contributed by atoms with van der Waals surface area (Å²) in [5.41, 5.74) is -1.16. The molecule has 4 N–H and O–H groups in total. The molecule has 1 aromatic rings. The molecule has 114 valence electrons. The first-order chi connectivity index (χ1) is 9.86. The molecule has 1 fully saturated rings. The van der Waals surface area contributed by atoms with E-state index < -0.39 is 23.2 Å². The van der Waals surface area contributed by atoms with Crippen LogP contribution in [0.1, 0.15) is 43.0 Å². The van der Waals surface area contributed by atoms with Gasteiger partial charge in [0.2, 0.25) is 0 Å². The highest BCUT2D eigenvalue weighted by Crippen LogP contribution is 2.34. The zero-order valence-corrected chi connectivity index (χ0v) is 11.8. The Balaban J connectivity index is 2.26. The Morgan fingerprint density at radius 1 is 1.24 bits per heavy atom. The van der Waals surface area contributed by atoms with E-state index in [0.29, 0.717) is 6.42 Å². The average molecular weight is 293 g/mol. The van der Waals surface area contributed by atoms with E-state index in [-0.39, 0.29) is 17.2 Å². The van der Waals surface area contributed by atoms with Gasteiger partial charge in [-0.05, 0) is 37.0 Å². The van der Waals surface area contributed by atoms with E-state index in [9.17, 15) is 24.9 Å².